The van der Waals surface area contributed by atoms with Crippen LogP contribution in [-0.4, -0.2) is 49.0 Å². The Morgan fingerprint density at radius 2 is 2.08 bits per heavy atom. The number of halogens is 3. The standard InChI is InChI=1S/C19H21BrFNO3.ClH/c20-17-6-1-2-7-18(17)25-13-16(23)11-22-8-9-24-19(12-22)14-4-3-5-15(21)10-14;/h1-7,10,16,19,23H,8-9,11-13H2;1H. The molecule has 2 aromatic rings. The molecule has 2 atom stereocenters. The van der Waals surface area contributed by atoms with Gasteiger partial charge in [0.2, 0.25) is 0 Å². The van der Waals surface area contributed by atoms with Gasteiger partial charge in [-0.15, -0.1) is 12.4 Å². The lowest BCUT2D eigenvalue weighted by Crippen LogP contribution is -2.43. The quantitative estimate of drug-likeness (QED) is 0.732. The van der Waals surface area contributed by atoms with Crippen LogP contribution < -0.4 is 4.74 Å². The van der Waals surface area contributed by atoms with Gasteiger partial charge in [0.15, 0.2) is 0 Å². The van der Waals surface area contributed by atoms with Crippen molar-refractivity contribution in [2.24, 2.45) is 0 Å². The van der Waals surface area contributed by atoms with E-state index in [9.17, 15) is 9.50 Å². The summed E-state index contributed by atoms with van der Waals surface area (Å²) in [6.45, 7) is 2.61. The fraction of sp³-hybridized carbons (Fsp3) is 0.368. The fourth-order valence-electron chi connectivity index (χ4n) is 2.88. The second-order valence-corrected chi connectivity index (χ2v) is 6.92. The Kier molecular flexibility index (Phi) is 8.31. The highest BCUT2D eigenvalue weighted by Crippen LogP contribution is 2.25. The third kappa shape index (κ3) is 5.93. The Hall–Kier alpha value is -1.18. The van der Waals surface area contributed by atoms with Gasteiger partial charge in [0.05, 0.1) is 17.2 Å². The van der Waals surface area contributed by atoms with Crippen LogP contribution in [0.2, 0.25) is 0 Å². The lowest BCUT2D eigenvalue weighted by molar-refractivity contribution is -0.0460. The number of ether oxygens (including phenoxy) is 2. The summed E-state index contributed by atoms with van der Waals surface area (Å²) in [5.41, 5.74) is 0.823. The van der Waals surface area contributed by atoms with Crippen molar-refractivity contribution in [2.45, 2.75) is 12.2 Å². The number of hydrogen-bond acceptors (Lipinski definition) is 4. The number of para-hydroxylation sites is 1. The molecule has 1 N–H and O–H groups in total. The van der Waals surface area contributed by atoms with E-state index in [1.54, 1.807) is 6.07 Å². The SMILES string of the molecule is Cl.OC(COc1ccccc1Br)CN1CCOC(c2cccc(F)c2)C1. The van der Waals surface area contributed by atoms with Crippen LogP contribution in [0.25, 0.3) is 0 Å². The van der Waals surface area contributed by atoms with Crippen LogP contribution in [0.3, 0.4) is 0 Å². The number of hydrogen-bond donors (Lipinski definition) is 1. The lowest BCUT2D eigenvalue weighted by atomic mass is 10.1. The van der Waals surface area contributed by atoms with Crippen LogP contribution in [0.15, 0.2) is 53.0 Å². The van der Waals surface area contributed by atoms with Crippen molar-refractivity contribution in [2.75, 3.05) is 32.8 Å². The van der Waals surface area contributed by atoms with Gasteiger partial charge in [0.1, 0.15) is 24.3 Å². The van der Waals surface area contributed by atoms with E-state index >= 15 is 0 Å². The molecule has 0 aliphatic carbocycles. The first-order valence-corrected chi connectivity index (χ1v) is 9.06. The van der Waals surface area contributed by atoms with Gasteiger partial charge in [-0.3, -0.25) is 4.90 Å². The molecule has 0 saturated carbocycles. The molecule has 0 spiro atoms. The number of morpholine rings is 1. The molecule has 2 unspecified atom stereocenters. The Morgan fingerprint density at radius 1 is 1.27 bits per heavy atom. The molecule has 2 aromatic carbocycles. The second-order valence-electron chi connectivity index (χ2n) is 6.07. The predicted molar refractivity (Wildman–Crippen MR) is 104 cm³/mol. The minimum Gasteiger partial charge on any atom is -0.490 e. The van der Waals surface area contributed by atoms with E-state index in [-0.39, 0.29) is 30.9 Å². The zero-order chi connectivity index (χ0) is 17.6. The third-order valence-electron chi connectivity index (χ3n) is 4.11. The number of nitrogens with zero attached hydrogens (tertiary/aromatic N) is 1. The van der Waals surface area contributed by atoms with Crippen molar-refractivity contribution in [1.29, 1.82) is 0 Å². The average molecular weight is 447 g/mol. The van der Waals surface area contributed by atoms with Gasteiger partial charge in [-0.1, -0.05) is 24.3 Å². The highest BCUT2D eigenvalue weighted by molar-refractivity contribution is 9.10. The normalized spacial score (nSPS) is 18.8. The molecule has 7 heteroatoms. The van der Waals surface area contributed by atoms with Crippen molar-refractivity contribution in [3.8, 4) is 5.75 Å². The van der Waals surface area contributed by atoms with Gasteiger partial charge in [0.25, 0.3) is 0 Å². The highest BCUT2D eigenvalue weighted by atomic mass is 79.9. The predicted octanol–water partition coefficient (Wildman–Crippen LogP) is 3.82. The molecule has 142 valence electrons. The zero-order valence-corrected chi connectivity index (χ0v) is 16.6. The van der Waals surface area contributed by atoms with E-state index in [1.807, 2.05) is 30.3 Å². The van der Waals surface area contributed by atoms with Crippen LogP contribution >= 0.6 is 28.3 Å². The molecule has 0 radical (unpaired) electrons. The van der Waals surface area contributed by atoms with E-state index in [0.29, 0.717) is 25.4 Å². The first-order chi connectivity index (χ1) is 12.1. The highest BCUT2D eigenvalue weighted by Gasteiger charge is 2.24. The molecule has 26 heavy (non-hydrogen) atoms. The van der Waals surface area contributed by atoms with Gasteiger partial charge >= 0.3 is 0 Å². The summed E-state index contributed by atoms with van der Waals surface area (Å²) < 4.78 is 25.7. The van der Waals surface area contributed by atoms with Crippen molar-refractivity contribution < 1.29 is 19.0 Å². The van der Waals surface area contributed by atoms with Crippen molar-refractivity contribution in [3.63, 3.8) is 0 Å². The summed E-state index contributed by atoms with van der Waals surface area (Å²) in [6, 6.07) is 14.0. The zero-order valence-electron chi connectivity index (χ0n) is 14.2. The molecule has 0 aromatic heterocycles. The Bertz CT molecular complexity index is 706. The van der Waals surface area contributed by atoms with Crippen LogP contribution in [0.4, 0.5) is 4.39 Å². The molecule has 0 amide bonds. The molecular weight excluding hydrogens is 425 g/mol. The summed E-state index contributed by atoms with van der Waals surface area (Å²) in [6.07, 6.45) is -0.792. The number of aliphatic hydroxyl groups excluding tert-OH is 1. The van der Waals surface area contributed by atoms with Gasteiger partial charge in [-0.2, -0.15) is 0 Å². The summed E-state index contributed by atoms with van der Waals surface area (Å²) >= 11 is 3.42. The fourth-order valence-corrected chi connectivity index (χ4v) is 3.27. The summed E-state index contributed by atoms with van der Waals surface area (Å²) in [4.78, 5) is 2.12. The van der Waals surface area contributed by atoms with Crippen molar-refractivity contribution in [1.82, 2.24) is 4.90 Å². The van der Waals surface area contributed by atoms with Crippen LogP contribution in [0, 0.1) is 5.82 Å². The molecular formula is C19H22BrClFNO3. The minimum absolute atomic E-state index is 0. The summed E-state index contributed by atoms with van der Waals surface area (Å²) in [5.74, 6) is 0.446. The number of rotatable bonds is 6. The summed E-state index contributed by atoms with van der Waals surface area (Å²) in [7, 11) is 0. The molecule has 1 aliphatic heterocycles. The smallest absolute Gasteiger partial charge is 0.133 e. The maximum atomic E-state index is 13.4. The van der Waals surface area contributed by atoms with Crippen LogP contribution in [-0.2, 0) is 4.74 Å². The van der Waals surface area contributed by atoms with Gasteiger partial charge in [0, 0.05) is 19.6 Å². The Morgan fingerprint density at radius 3 is 2.85 bits per heavy atom. The van der Waals surface area contributed by atoms with Crippen LogP contribution in [0.5, 0.6) is 5.75 Å². The first-order valence-electron chi connectivity index (χ1n) is 8.26. The van der Waals surface area contributed by atoms with Crippen LogP contribution in [0.1, 0.15) is 11.7 Å². The maximum absolute atomic E-state index is 13.4. The lowest BCUT2D eigenvalue weighted by Gasteiger charge is -2.34. The largest absolute Gasteiger partial charge is 0.490 e. The van der Waals surface area contributed by atoms with Crippen molar-refractivity contribution in [3.05, 3.63) is 64.4 Å². The van der Waals surface area contributed by atoms with Crippen molar-refractivity contribution >= 4 is 28.3 Å². The Labute approximate surface area is 167 Å². The molecule has 1 saturated heterocycles. The maximum Gasteiger partial charge on any atom is 0.133 e. The first kappa shape index (κ1) is 21.1. The van der Waals surface area contributed by atoms with Gasteiger partial charge in [-0.05, 0) is 45.8 Å². The molecule has 1 fully saturated rings. The number of aliphatic hydroxyl groups is 1. The van der Waals surface area contributed by atoms with E-state index in [4.69, 9.17) is 9.47 Å². The molecule has 1 heterocycles. The number of benzene rings is 2. The van der Waals surface area contributed by atoms with Gasteiger partial charge < -0.3 is 14.6 Å². The van der Waals surface area contributed by atoms with E-state index < -0.39 is 6.10 Å². The molecule has 4 nitrogen and oxygen atoms in total. The topological polar surface area (TPSA) is 41.9 Å². The molecule has 3 rings (SSSR count). The monoisotopic (exact) mass is 445 g/mol. The molecule has 0 bridgehead atoms. The number of β-amino-alcohol motifs (C(OH)–C–C–N with tert-alkyl or cyclic N) is 1. The molecule has 1 aliphatic rings. The average Bonchev–Trinajstić information content (AvgIpc) is 2.61. The second kappa shape index (κ2) is 10.2. The Balaban J connectivity index is 0.00000243. The van der Waals surface area contributed by atoms with E-state index in [2.05, 4.69) is 20.8 Å². The minimum atomic E-state index is -0.613. The van der Waals surface area contributed by atoms with E-state index in [0.717, 1.165) is 16.6 Å². The third-order valence-corrected chi connectivity index (χ3v) is 4.76. The van der Waals surface area contributed by atoms with Gasteiger partial charge in [-0.25, -0.2) is 4.39 Å². The van der Waals surface area contributed by atoms with E-state index in [1.165, 1.54) is 12.1 Å². The summed E-state index contributed by atoms with van der Waals surface area (Å²) in [5, 5.41) is 10.3.